The second-order valence-electron chi connectivity index (χ2n) is 3.94. The van der Waals surface area contributed by atoms with Gasteiger partial charge in [0.2, 0.25) is 0 Å². The van der Waals surface area contributed by atoms with E-state index < -0.39 is 24.6 Å². The summed E-state index contributed by atoms with van der Waals surface area (Å²) in [6.07, 6.45) is 0. The molecule has 2 N–H and O–H groups in total. The van der Waals surface area contributed by atoms with Crippen LogP contribution in [0.5, 0.6) is 0 Å². The molecule has 1 aromatic carbocycles. The number of hydrogen-bond donors (Lipinski definition) is 2. The highest BCUT2D eigenvalue weighted by molar-refractivity contribution is 5.76. The highest BCUT2D eigenvalue weighted by atomic mass is 16.5. The van der Waals surface area contributed by atoms with Crippen LogP contribution in [-0.2, 0) is 16.1 Å². The lowest BCUT2D eigenvalue weighted by atomic mass is 9.93. The predicted octanol–water partition coefficient (Wildman–Crippen LogP) is 2.77. The number of hydrogen-bond acceptors (Lipinski definition) is 4. The topological polar surface area (TPSA) is 66.8 Å². The van der Waals surface area contributed by atoms with Crippen LogP contribution in [0.1, 0.15) is 40.2 Å². The van der Waals surface area contributed by atoms with Gasteiger partial charge < -0.3 is 14.9 Å². The predicted molar refractivity (Wildman–Crippen MR) is 81.2 cm³/mol. The van der Waals surface area contributed by atoms with E-state index in [9.17, 15) is 4.79 Å². The van der Waals surface area contributed by atoms with E-state index in [0.717, 1.165) is 5.56 Å². The van der Waals surface area contributed by atoms with Crippen LogP contribution >= 0.6 is 0 Å². The summed E-state index contributed by atoms with van der Waals surface area (Å²) in [4.78, 5) is 11.6. The van der Waals surface area contributed by atoms with E-state index in [4.69, 9.17) is 14.9 Å². The summed E-state index contributed by atoms with van der Waals surface area (Å²) >= 11 is 0. The average molecular weight is 284 g/mol. The Morgan fingerprint density at radius 2 is 1.50 bits per heavy atom. The van der Waals surface area contributed by atoms with Crippen LogP contribution in [0.2, 0.25) is 0 Å². The second-order valence-corrected chi connectivity index (χ2v) is 3.94. The van der Waals surface area contributed by atoms with Gasteiger partial charge in [0.1, 0.15) is 12.0 Å². The Hall–Kier alpha value is -1.39. The zero-order valence-electron chi connectivity index (χ0n) is 13.2. The Balaban J connectivity index is 0. The molecule has 0 fully saturated rings. The van der Waals surface area contributed by atoms with Crippen molar-refractivity contribution in [3.05, 3.63) is 35.9 Å². The van der Waals surface area contributed by atoms with Crippen molar-refractivity contribution in [2.45, 2.75) is 41.2 Å². The van der Waals surface area contributed by atoms with Gasteiger partial charge in [0.05, 0.1) is 13.2 Å². The van der Waals surface area contributed by atoms with Gasteiger partial charge in [-0.3, -0.25) is 4.79 Å². The molecule has 0 spiro atoms. The molecular weight excluding hydrogens is 256 g/mol. The lowest BCUT2D eigenvalue weighted by molar-refractivity contribution is -0.161. The van der Waals surface area contributed by atoms with Crippen LogP contribution in [0.25, 0.3) is 0 Å². The smallest absolute Gasteiger partial charge is 0.316 e. The molecule has 0 heterocycles. The first-order valence-corrected chi connectivity index (χ1v) is 7.05. The summed E-state index contributed by atoms with van der Waals surface area (Å²) in [5, 5.41) is 18.0. The van der Waals surface area contributed by atoms with E-state index in [0.29, 0.717) is 0 Å². The molecule has 0 amide bonds. The quantitative estimate of drug-likeness (QED) is 0.816. The summed E-state index contributed by atoms with van der Waals surface area (Å²) in [7, 11) is 0. The van der Waals surface area contributed by atoms with Crippen molar-refractivity contribution in [1.29, 1.82) is 0 Å². The van der Waals surface area contributed by atoms with Gasteiger partial charge >= 0.3 is 5.97 Å². The van der Waals surface area contributed by atoms with Crippen molar-refractivity contribution in [2.24, 2.45) is 5.41 Å². The zero-order chi connectivity index (χ0) is 16.0. The van der Waals surface area contributed by atoms with Crippen LogP contribution < -0.4 is 0 Å². The van der Waals surface area contributed by atoms with E-state index in [1.807, 2.05) is 58.0 Å². The monoisotopic (exact) mass is 284 g/mol. The number of carbonyl (C=O) groups excluding carboxylic acids is 1. The Kier molecular flexibility index (Phi) is 13.2. The average Bonchev–Trinajstić information content (AvgIpc) is 2.56. The molecule has 0 aliphatic heterocycles. The van der Waals surface area contributed by atoms with Gasteiger partial charge in [-0.1, -0.05) is 58.0 Å². The van der Waals surface area contributed by atoms with Crippen molar-refractivity contribution < 1.29 is 19.7 Å². The zero-order valence-corrected chi connectivity index (χ0v) is 13.2. The van der Waals surface area contributed by atoms with Gasteiger partial charge in [-0.2, -0.15) is 0 Å². The Labute approximate surface area is 122 Å². The van der Waals surface area contributed by atoms with Crippen molar-refractivity contribution >= 4 is 5.97 Å². The highest BCUT2D eigenvalue weighted by Crippen LogP contribution is 2.17. The number of rotatable bonds is 5. The third-order valence-electron chi connectivity index (χ3n) is 2.40. The Bertz CT molecular complexity index is 332. The molecule has 0 radical (unpaired) electrons. The molecule has 0 aliphatic rings. The minimum absolute atomic E-state index is 0.148. The molecule has 4 heteroatoms. The molecular formula is C16H28O4. The Morgan fingerprint density at radius 1 is 1.05 bits per heavy atom. The number of aliphatic hydroxyl groups is 2. The van der Waals surface area contributed by atoms with E-state index >= 15 is 0 Å². The summed E-state index contributed by atoms with van der Waals surface area (Å²) in [5.41, 5.74) is -0.358. The summed E-state index contributed by atoms with van der Waals surface area (Å²) in [6.45, 7) is 8.74. The standard InChI is InChI=1S/C12H16O4.2C2H6/c1-12(8-13,9-14)11(15)16-7-10-5-3-2-4-6-10;2*1-2/h2-6,13-14H,7-9H2,1H3;2*1-2H3. The molecule has 0 aliphatic carbocycles. The van der Waals surface area contributed by atoms with Crippen molar-refractivity contribution in [1.82, 2.24) is 0 Å². The fraction of sp³-hybridized carbons (Fsp3) is 0.562. The molecule has 0 aromatic heterocycles. The molecule has 1 aromatic rings. The number of carbonyl (C=O) groups is 1. The highest BCUT2D eigenvalue weighted by Gasteiger charge is 2.33. The number of ether oxygens (including phenoxy) is 1. The maximum Gasteiger partial charge on any atom is 0.316 e. The maximum absolute atomic E-state index is 11.6. The fourth-order valence-corrected chi connectivity index (χ4v) is 1.08. The number of benzene rings is 1. The summed E-state index contributed by atoms with van der Waals surface area (Å²) in [6, 6.07) is 9.24. The normalized spacial score (nSPS) is 9.55. The molecule has 20 heavy (non-hydrogen) atoms. The summed E-state index contributed by atoms with van der Waals surface area (Å²) in [5.74, 6) is -0.596. The first-order valence-electron chi connectivity index (χ1n) is 7.05. The van der Waals surface area contributed by atoms with Gasteiger partial charge in [-0.15, -0.1) is 0 Å². The van der Waals surface area contributed by atoms with E-state index in [1.54, 1.807) is 0 Å². The van der Waals surface area contributed by atoms with Crippen LogP contribution in [0.15, 0.2) is 30.3 Å². The van der Waals surface area contributed by atoms with Crippen LogP contribution in [-0.4, -0.2) is 29.4 Å². The van der Waals surface area contributed by atoms with Crippen LogP contribution in [0.4, 0.5) is 0 Å². The van der Waals surface area contributed by atoms with Crippen molar-refractivity contribution in [3.63, 3.8) is 0 Å². The van der Waals surface area contributed by atoms with E-state index in [-0.39, 0.29) is 6.61 Å². The lowest BCUT2D eigenvalue weighted by Crippen LogP contribution is -2.36. The lowest BCUT2D eigenvalue weighted by Gasteiger charge is -2.22. The molecule has 0 saturated carbocycles. The fourth-order valence-electron chi connectivity index (χ4n) is 1.08. The van der Waals surface area contributed by atoms with E-state index in [2.05, 4.69) is 0 Å². The molecule has 0 atom stereocenters. The largest absolute Gasteiger partial charge is 0.460 e. The number of esters is 1. The van der Waals surface area contributed by atoms with Crippen molar-refractivity contribution in [3.8, 4) is 0 Å². The minimum Gasteiger partial charge on any atom is -0.460 e. The van der Waals surface area contributed by atoms with Gasteiger partial charge in [0, 0.05) is 0 Å². The first kappa shape index (κ1) is 20.9. The maximum atomic E-state index is 11.6. The molecule has 4 nitrogen and oxygen atoms in total. The molecule has 0 unspecified atom stereocenters. The molecule has 116 valence electrons. The van der Waals surface area contributed by atoms with Crippen molar-refractivity contribution in [2.75, 3.05) is 13.2 Å². The number of aliphatic hydroxyl groups excluding tert-OH is 2. The SMILES string of the molecule is CC.CC.CC(CO)(CO)C(=O)OCc1ccccc1. The molecule has 0 saturated heterocycles. The minimum atomic E-state index is -1.23. The van der Waals surface area contributed by atoms with Gasteiger partial charge in [0.15, 0.2) is 0 Å². The van der Waals surface area contributed by atoms with Crippen LogP contribution in [0, 0.1) is 5.41 Å². The van der Waals surface area contributed by atoms with E-state index in [1.165, 1.54) is 6.92 Å². The van der Waals surface area contributed by atoms with Gasteiger partial charge in [-0.25, -0.2) is 0 Å². The Morgan fingerprint density at radius 3 is 1.90 bits per heavy atom. The van der Waals surface area contributed by atoms with Gasteiger partial charge in [0.25, 0.3) is 0 Å². The van der Waals surface area contributed by atoms with Crippen LogP contribution in [0.3, 0.4) is 0 Å². The molecule has 0 bridgehead atoms. The first-order chi connectivity index (χ1) is 9.62. The van der Waals surface area contributed by atoms with Gasteiger partial charge in [-0.05, 0) is 12.5 Å². The molecule has 1 rings (SSSR count). The summed E-state index contributed by atoms with van der Waals surface area (Å²) < 4.78 is 5.02. The third-order valence-corrected chi connectivity index (χ3v) is 2.40. The second kappa shape index (κ2) is 12.6. The third kappa shape index (κ3) is 7.26.